The highest BCUT2D eigenvalue weighted by atomic mass is 16.5. The van der Waals surface area contributed by atoms with Gasteiger partial charge in [0.25, 0.3) is 0 Å². The van der Waals surface area contributed by atoms with E-state index >= 15 is 0 Å². The monoisotopic (exact) mass is 794 g/mol. The van der Waals surface area contributed by atoms with Gasteiger partial charge in [-0.3, -0.25) is 4.57 Å². The molecule has 7 aromatic carbocycles. The molecule has 2 aromatic heterocycles. The first-order valence-corrected chi connectivity index (χ1v) is 21.2. The molecule has 0 N–H and O–H groups in total. The minimum atomic E-state index is -0.0155. The third kappa shape index (κ3) is 7.10. The summed E-state index contributed by atoms with van der Waals surface area (Å²) >= 11 is 0. The molecule has 300 valence electrons. The molecule has 0 saturated heterocycles. The number of pyridine rings is 1. The van der Waals surface area contributed by atoms with Gasteiger partial charge in [-0.15, -0.1) is 0 Å². The second-order valence-electron chi connectivity index (χ2n) is 18.2. The average Bonchev–Trinajstić information content (AvgIpc) is 3.82. The van der Waals surface area contributed by atoms with E-state index in [2.05, 4.69) is 226 Å². The summed E-state index contributed by atoms with van der Waals surface area (Å²) in [5, 5.41) is 2.38. The van der Waals surface area contributed by atoms with Crippen LogP contribution < -0.4 is 14.5 Å². The van der Waals surface area contributed by atoms with Crippen LogP contribution in [0.5, 0.6) is 11.5 Å². The molecule has 0 fully saturated rings. The van der Waals surface area contributed by atoms with Gasteiger partial charge >= 0.3 is 0 Å². The summed E-state index contributed by atoms with van der Waals surface area (Å²) in [6.45, 7) is 14.2. The quantitative estimate of drug-likeness (QED) is 0.161. The highest BCUT2D eigenvalue weighted by molar-refractivity contribution is 6.10. The second-order valence-corrected chi connectivity index (χ2v) is 18.2. The SMILES string of the molecule is CC(C)(C)c1ccnc(-n2c3ccc(C(C)(C)C)cc3c3ccc(Oc4cccc(N5CN(c6cc(-c7ccccc7)ccc6-c6ccccc6)c6ccccc65)c4)cc32)c1. The lowest BCUT2D eigenvalue weighted by Crippen LogP contribution is -2.24. The number of ether oxygens (including phenoxy) is 1. The summed E-state index contributed by atoms with van der Waals surface area (Å²) in [5.41, 5.74) is 14.0. The third-order valence-electron chi connectivity index (χ3n) is 12.0. The molecule has 0 atom stereocenters. The predicted molar refractivity (Wildman–Crippen MR) is 255 cm³/mol. The van der Waals surface area contributed by atoms with Crippen molar-refractivity contribution < 1.29 is 4.74 Å². The summed E-state index contributed by atoms with van der Waals surface area (Å²) in [6.07, 6.45) is 1.93. The van der Waals surface area contributed by atoms with Crippen molar-refractivity contribution in [2.75, 3.05) is 16.5 Å². The largest absolute Gasteiger partial charge is 0.457 e. The van der Waals surface area contributed by atoms with E-state index in [0.29, 0.717) is 6.67 Å². The molecule has 0 bridgehead atoms. The first-order valence-electron chi connectivity index (χ1n) is 21.2. The summed E-state index contributed by atoms with van der Waals surface area (Å²) in [4.78, 5) is 9.76. The first-order chi connectivity index (χ1) is 29.5. The van der Waals surface area contributed by atoms with Gasteiger partial charge in [-0.2, -0.15) is 0 Å². The van der Waals surface area contributed by atoms with Crippen LogP contribution in [-0.2, 0) is 10.8 Å². The molecule has 1 aliphatic rings. The highest BCUT2D eigenvalue weighted by Crippen LogP contribution is 2.48. The summed E-state index contributed by atoms with van der Waals surface area (Å²) in [7, 11) is 0. The summed E-state index contributed by atoms with van der Waals surface area (Å²) < 4.78 is 9.09. The zero-order valence-electron chi connectivity index (χ0n) is 35.7. The smallest absolute Gasteiger partial charge is 0.137 e. The minimum absolute atomic E-state index is 0.0155. The van der Waals surface area contributed by atoms with E-state index in [9.17, 15) is 0 Å². The van der Waals surface area contributed by atoms with E-state index in [0.717, 1.165) is 51.1 Å². The molecule has 9 aromatic rings. The Hall–Kier alpha value is -7.11. The number of nitrogens with zero attached hydrogens (tertiary/aromatic N) is 4. The van der Waals surface area contributed by atoms with E-state index in [1.165, 1.54) is 44.2 Å². The molecule has 61 heavy (non-hydrogen) atoms. The van der Waals surface area contributed by atoms with Gasteiger partial charge in [0, 0.05) is 40.4 Å². The standard InChI is InChI=1S/C56H50N4O/c1-55(2,3)41-25-29-49-48(33-41)47-28-26-45(36-53(47)60(49)54-34-42(30-31-57-54)56(4,5)6)61-44-21-15-20-43(35-44)58-37-59(51-23-14-13-22-50(51)58)52-32-40(38-16-9-7-10-17-38)24-27-46(52)39-18-11-8-12-19-39/h7-36H,37H2,1-6H3. The van der Waals surface area contributed by atoms with Crippen LogP contribution in [0.3, 0.4) is 0 Å². The van der Waals surface area contributed by atoms with E-state index in [4.69, 9.17) is 9.72 Å². The second kappa shape index (κ2) is 14.9. The van der Waals surface area contributed by atoms with Crippen molar-refractivity contribution in [3.63, 3.8) is 0 Å². The number of hydrogen-bond donors (Lipinski definition) is 0. The van der Waals surface area contributed by atoms with Crippen LogP contribution in [0.2, 0.25) is 0 Å². The Labute approximate surface area is 359 Å². The van der Waals surface area contributed by atoms with Crippen molar-refractivity contribution in [3.8, 4) is 39.6 Å². The number of aromatic nitrogens is 2. The van der Waals surface area contributed by atoms with Gasteiger partial charge in [0.05, 0.1) is 28.1 Å². The maximum Gasteiger partial charge on any atom is 0.137 e. The Balaban J connectivity index is 1.03. The molecule has 0 unspecified atom stereocenters. The zero-order chi connectivity index (χ0) is 41.9. The number of hydrogen-bond acceptors (Lipinski definition) is 4. The van der Waals surface area contributed by atoms with Gasteiger partial charge in [0.1, 0.15) is 24.0 Å². The van der Waals surface area contributed by atoms with E-state index in [1.807, 2.05) is 12.3 Å². The van der Waals surface area contributed by atoms with E-state index in [-0.39, 0.29) is 10.8 Å². The van der Waals surface area contributed by atoms with Crippen LogP contribution >= 0.6 is 0 Å². The van der Waals surface area contributed by atoms with Crippen molar-refractivity contribution >= 4 is 44.6 Å². The van der Waals surface area contributed by atoms with Crippen LogP contribution in [0.1, 0.15) is 52.7 Å². The fraction of sp³-hybridized carbons (Fsp3) is 0.161. The number of benzene rings is 7. The molecule has 5 heteroatoms. The molecule has 1 aliphatic heterocycles. The number of fused-ring (bicyclic) bond motifs is 4. The summed E-state index contributed by atoms with van der Waals surface area (Å²) in [5.74, 6) is 2.44. The van der Waals surface area contributed by atoms with Crippen LogP contribution in [0.25, 0.3) is 49.9 Å². The Bertz CT molecular complexity index is 3060. The molecule has 0 radical (unpaired) electrons. The molecule has 0 aliphatic carbocycles. The first kappa shape index (κ1) is 38.1. The Morgan fingerprint density at radius 2 is 1.13 bits per heavy atom. The number of rotatable bonds is 7. The van der Waals surface area contributed by atoms with Crippen molar-refractivity contribution in [2.45, 2.75) is 52.4 Å². The molecule has 5 nitrogen and oxygen atoms in total. The van der Waals surface area contributed by atoms with E-state index in [1.54, 1.807) is 0 Å². The van der Waals surface area contributed by atoms with Gasteiger partial charge in [0.15, 0.2) is 0 Å². The van der Waals surface area contributed by atoms with Gasteiger partial charge in [-0.1, -0.05) is 139 Å². The van der Waals surface area contributed by atoms with Crippen molar-refractivity contribution in [1.29, 1.82) is 0 Å². The van der Waals surface area contributed by atoms with Gasteiger partial charge in [0.2, 0.25) is 0 Å². The number of para-hydroxylation sites is 2. The molecule has 0 spiro atoms. The van der Waals surface area contributed by atoms with Crippen molar-refractivity contribution in [1.82, 2.24) is 9.55 Å². The van der Waals surface area contributed by atoms with E-state index < -0.39 is 0 Å². The molecule has 3 heterocycles. The maximum atomic E-state index is 6.80. The molecular weight excluding hydrogens is 745 g/mol. The van der Waals surface area contributed by atoms with Crippen LogP contribution in [0.4, 0.5) is 22.7 Å². The predicted octanol–water partition coefficient (Wildman–Crippen LogP) is 15.1. The van der Waals surface area contributed by atoms with Crippen molar-refractivity contribution in [2.24, 2.45) is 0 Å². The van der Waals surface area contributed by atoms with Gasteiger partial charge in [-0.05, 0) is 105 Å². The van der Waals surface area contributed by atoms with Gasteiger partial charge < -0.3 is 14.5 Å². The third-order valence-corrected chi connectivity index (χ3v) is 12.0. The maximum absolute atomic E-state index is 6.80. The van der Waals surface area contributed by atoms with Gasteiger partial charge in [-0.25, -0.2) is 4.98 Å². The molecule has 10 rings (SSSR count). The van der Waals surface area contributed by atoms with Crippen LogP contribution in [0.15, 0.2) is 182 Å². The molecular formula is C56H50N4O. The summed E-state index contributed by atoms with van der Waals surface area (Å²) in [6, 6.07) is 63.0. The van der Waals surface area contributed by atoms with Crippen LogP contribution in [-0.4, -0.2) is 16.2 Å². The highest BCUT2D eigenvalue weighted by Gasteiger charge is 2.30. The topological polar surface area (TPSA) is 33.5 Å². The Kier molecular flexibility index (Phi) is 9.29. The Morgan fingerprint density at radius 3 is 1.87 bits per heavy atom. The average molecular weight is 795 g/mol. The van der Waals surface area contributed by atoms with Crippen LogP contribution in [0, 0.1) is 0 Å². The lowest BCUT2D eigenvalue weighted by atomic mass is 9.86. The molecule has 0 amide bonds. The molecule has 0 saturated carbocycles. The zero-order valence-corrected chi connectivity index (χ0v) is 35.7. The normalized spacial score (nSPS) is 13.0. The van der Waals surface area contributed by atoms with Crippen molar-refractivity contribution in [3.05, 3.63) is 193 Å². The lowest BCUT2D eigenvalue weighted by molar-refractivity contribution is 0.483. The fourth-order valence-corrected chi connectivity index (χ4v) is 8.70. The lowest BCUT2D eigenvalue weighted by Gasteiger charge is -2.25. The Morgan fingerprint density at radius 1 is 0.459 bits per heavy atom. The number of anilines is 4. The minimum Gasteiger partial charge on any atom is -0.457 e. The fourth-order valence-electron chi connectivity index (χ4n) is 8.70.